The van der Waals surface area contributed by atoms with Crippen LogP contribution in [0, 0.1) is 0 Å². The molecule has 1 N–H and O–H groups in total. The van der Waals surface area contributed by atoms with Gasteiger partial charge >= 0.3 is 12.1 Å². The van der Waals surface area contributed by atoms with E-state index in [-0.39, 0.29) is 0 Å². The highest BCUT2D eigenvalue weighted by molar-refractivity contribution is 6.35. The van der Waals surface area contributed by atoms with Crippen molar-refractivity contribution in [3.05, 3.63) is 28.2 Å². The van der Waals surface area contributed by atoms with Gasteiger partial charge in [0.15, 0.2) is 6.10 Å². The van der Waals surface area contributed by atoms with Gasteiger partial charge in [0, 0.05) is 22.3 Å². The molecule has 1 aliphatic rings. The number of amides is 1. The average Bonchev–Trinajstić information content (AvgIpc) is 2.80. The summed E-state index contributed by atoms with van der Waals surface area (Å²) in [5.41, 5.74) is 0.350. The Balaban J connectivity index is 1.91. The molecule has 0 spiro atoms. The quantitative estimate of drug-likeness (QED) is 0.673. The molecule has 5 nitrogen and oxygen atoms in total. The lowest BCUT2D eigenvalue weighted by Crippen LogP contribution is -2.27. The maximum Gasteiger partial charge on any atom is 0.419 e. The molecule has 2 rings (SSSR count). The number of carbonyl (C=O) groups is 2. The van der Waals surface area contributed by atoms with Crippen molar-refractivity contribution in [3.63, 3.8) is 0 Å². The molecule has 1 aromatic rings. The van der Waals surface area contributed by atoms with Crippen molar-refractivity contribution < 1.29 is 19.1 Å². The molecule has 0 radical (unpaired) electrons. The van der Waals surface area contributed by atoms with E-state index in [0.717, 1.165) is 6.42 Å². The maximum absolute atomic E-state index is 11.5. The van der Waals surface area contributed by atoms with Crippen LogP contribution in [-0.2, 0) is 14.3 Å². The van der Waals surface area contributed by atoms with Crippen molar-refractivity contribution in [2.45, 2.75) is 18.9 Å². The monoisotopic (exact) mass is 303 g/mol. The smallest absolute Gasteiger partial charge is 0.374 e. The van der Waals surface area contributed by atoms with Gasteiger partial charge in [-0.15, -0.1) is 0 Å². The third kappa shape index (κ3) is 4.09. The van der Waals surface area contributed by atoms with E-state index >= 15 is 0 Å². The van der Waals surface area contributed by atoms with Gasteiger partial charge in [-0.3, -0.25) is 5.32 Å². The Labute approximate surface area is 119 Å². The Morgan fingerprint density at radius 2 is 1.95 bits per heavy atom. The third-order valence-electron chi connectivity index (χ3n) is 2.49. The van der Waals surface area contributed by atoms with Crippen LogP contribution in [0.5, 0.6) is 0 Å². The highest BCUT2D eigenvalue weighted by Crippen LogP contribution is 2.22. The molecule has 1 atom stereocenters. The van der Waals surface area contributed by atoms with Crippen LogP contribution in [0.3, 0.4) is 0 Å². The molecule has 7 heteroatoms. The maximum atomic E-state index is 11.5. The molecule has 1 aromatic carbocycles. The Morgan fingerprint density at radius 3 is 2.53 bits per heavy atom. The zero-order valence-corrected chi connectivity index (χ0v) is 11.3. The molecular formula is C12H11Cl2NO4. The van der Waals surface area contributed by atoms with Crippen LogP contribution in [0.25, 0.3) is 0 Å². The summed E-state index contributed by atoms with van der Waals surface area (Å²) in [5.74, 6) is -0.692. The summed E-state index contributed by atoms with van der Waals surface area (Å²) in [7, 11) is 0. The minimum Gasteiger partial charge on any atom is -0.374 e. The second-order valence-corrected chi connectivity index (χ2v) is 4.87. The van der Waals surface area contributed by atoms with Crippen LogP contribution in [0.4, 0.5) is 10.5 Å². The Hall–Kier alpha value is -1.30. The molecule has 0 aromatic heterocycles. The Morgan fingerprint density at radius 1 is 1.26 bits per heavy atom. The first kappa shape index (κ1) is 14.1. The van der Waals surface area contributed by atoms with Gasteiger partial charge in [0.05, 0.1) is 0 Å². The van der Waals surface area contributed by atoms with E-state index < -0.39 is 18.2 Å². The molecule has 0 saturated carbocycles. The zero-order chi connectivity index (χ0) is 13.8. The first-order valence-corrected chi connectivity index (χ1v) is 6.40. The molecule has 1 heterocycles. The number of halogens is 2. The Kier molecular flexibility index (Phi) is 4.63. The average molecular weight is 304 g/mol. The topological polar surface area (TPSA) is 64.6 Å². The molecule has 1 amide bonds. The SMILES string of the molecule is O=C(Nc1cc(Cl)cc(Cl)c1)OC(=O)C1CCCO1. The number of benzene rings is 1. The van der Waals surface area contributed by atoms with E-state index in [2.05, 4.69) is 10.1 Å². The summed E-state index contributed by atoms with van der Waals surface area (Å²) in [4.78, 5) is 23.0. The standard InChI is InChI=1S/C12H11Cl2NO4/c13-7-4-8(14)6-9(5-7)15-12(17)19-11(16)10-2-1-3-18-10/h4-6,10H,1-3H2,(H,15,17). The van der Waals surface area contributed by atoms with Crippen molar-refractivity contribution in [2.24, 2.45) is 0 Å². The van der Waals surface area contributed by atoms with Crippen LogP contribution in [0.2, 0.25) is 10.0 Å². The van der Waals surface area contributed by atoms with Crippen LogP contribution in [0.1, 0.15) is 12.8 Å². The summed E-state index contributed by atoms with van der Waals surface area (Å²) in [6.07, 6.45) is -0.201. The molecule has 102 valence electrons. The third-order valence-corrected chi connectivity index (χ3v) is 2.93. The summed E-state index contributed by atoms with van der Waals surface area (Å²) >= 11 is 11.6. The van der Waals surface area contributed by atoms with E-state index in [0.29, 0.717) is 28.8 Å². The second-order valence-electron chi connectivity index (χ2n) is 3.99. The first-order valence-electron chi connectivity index (χ1n) is 5.65. The summed E-state index contributed by atoms with van der Waals surface area (Å²) in [6, 6.07) is 4.51. The van der Waals surface area contributed by atoms with E-state index in [9.17, 15) is 9.59 Å². The van der Waals surface area contributed by atoms with E-state index in [1.165, 1.54) is 18.2 Å². The fourth-order valence-electron chi connectivity index (χ4n) is 1.69. The molecule has 0 aliphatic carbocycles. The van der Waals surface area contributed by atoms with Gasteiger partial charge in [-0.05, 0) is 31.0 Å². The minimum atomic E-state index is -0.890. The molecule has 1 fully saturated rings. The molecule has 0 bridgehead atoms. The second kappa shape index (κ2) is 6.23. The number of anilines is 1. The fraction of sp³-hybridized carbons (Fsp3) is 0.333. The predicted octanol–water partition coefficient (Wildman–Crippen LogP) is 3.25. The Bertz CT molecular complexity index is 480. The summed E-state index contributed by atoms with van der Waals surface area (Å²) < 4.78 is 9.73. The van der Waals surface area contributed by atoms with Gasteiger partial charge in [0.2, 0.25) is 0 Å². The van der Waals surface area contributed by atoms with Gasteiger partial charge in [-0.25, -0.2) is 9.59 Å². The highest BCUT2D eigenvalue weighted by Gasteiger charge is 2.27. The number of hydrogen-bond acceptors (Lipinski definition) is 4. The van der Waals surface area contributed by atoms with Crippen molar-refractivity contribution in [1.82, 2.24) is 0 Å². The highest BCUT2D eigenvalue weighted by atomic mass is 35.5. The van der Waals surface area contributed by atoms with Crippen LogP contribution < -0.4 is 5.32 Å². The predicted molar refractivity (Wildman–Crippen MR) is 70.5 cm³/mol. The molecule has 1 aliphatic heterocycles. The normalized spacial score (nSPS) is 18.1. The number of hydrogen-bond donors (Lipinski definition) is 1. The van der Waals surface area contributed by atoms with E-state index in [4.69, 9.17) is 27.9 Å². The van der Waals surface area contributed by atoms with Crippen molar-refractivity contribution in [3.8, 4) is 0 Å². The van der Waals surface area contributed by atoms with Crippen molar-refractivity contribution >= 4 is 41.0 Å². The number of nitrogens with one attached hydrogen (secondary N) is 1. The largest absolute Gasteiger partial charge is 0.419 e. The van der Waals surface area contributed by atoms with Crippen LogP contribution >= 0.6 is 23.2 Å². The summed E-state index contributed by atoms with van der Waals surface area (Å²) in [5, 5.41) is 3.11. The number of ether oxygens (including phenoxy) is 2. The van der Waals surface area contributed by atoms with Gasteiger partial charge < -0.3 is 9.47 Å². The summed E-state index contributed by atoms with van der Waals surface area (Å²) in [6.45, 7) is 0.505. The molecule has 19 heavy (non-hydrogen) atoms. The van der Waals surface area contributed by atoms with Crippen LogP contribution in [0.15, 0.2) is 18.2 Å². The van der Waals surface area contributed by atoms with E-state index in [1.807, 2.05) is 0 Å². The van der Waals surface area contributed by atoms with Gasteiger partial charge in [-0.1, -0.05) is 23.2 Å². The van der Waals surface area contributed by atoms with E-state index in [1.54, 1.807) is 0 Å². The molecule has 1 unspecified atom stereocenters. The molecule has 1 saturated heterocycles. The van der Waals surface area contributed by atoms with Crippen molar-refractivity contribution in [2.75, 3.05) is 11.9 Å². The number of carbonyl (C=O) groups excluding carboxylic acids is 2. The number of rotatable bonds is 2. The lowest BCUT2D eigenvalue weighted by molar-refractivity contribution is -0.147. The molecular weight excluding hydrogens is 293 g/mol. The zero-order valence-electron chi connectivity index (χ0n) is 9.82. The van der Waals surface area contributed by atoms with Crippen molar-refractivity contribution in [1.29, 1.82) is 0 Å². The van der Waals surface area contributed by atoms with Gasteiger partial charge in [0.1, 0.15) is 0 Å². The fourth-order valence-corrected chi connectivity index (χ4v) is 2.22. The van der Waals surface area contributed by atoms with Gasteiger partial charge in [-0.2, -0.15) is 0 Å². The van der Waals surface area contributed by atoms with Crippen LogP contribution in [-0.4, -0.2) is 24.8 Å². The lowest BCUT2D eigenvalue weighted by Gasteiger charge is -2.09. The minimum absolute atomic E-state index is 0.350. The van der Waals surface area contributed by atoms with Gasteiger partial charge in [0.25, 0.3) is 0 Å². The first-order chi connectivity index (χ1) is 9.04. The lowest BCUT2D eigenvalue weighted by atomic mass is 10.2. The number of esters is 1.